The van der Waals surface area contributed by atoms with Crippen molar-refractivity contribution >= 4 is 0 Å². The Labute approximate surface area is 60.4 Å². The van der Waals surface area contributed by atoms with Gasteiger partial charge in [-0.05, 0) is 12.8 Å². The van der Waals surface area contributed by atoms with Gasteiger partial charge in [-0.2, -0.15) is 11.5 Å². The van der Waals surface area contributed by atoms with Crippen LogP contribution >= 0.6 is 0 Å². The van der Waals surface area contributed by atoms with Crippen molar-refractivity contribution in [3.8, 4) is 0 Å². The molecule has 0 saturated carbocycles. The van der Waals surface area contributed by atoms with Gasteiger partial charge in [0.1, 0.15) is 0 Å². The number of nitrogens with zero attached hydrogens (tertiary/aromatic N) is 2. The topological polar surface area (TPSA) is 16.8 Å². The number of rotatable bonds is 0. The highest BCUT2D eigenvalue weighted by Crippen LogP contribution is 2.35. The molecule has 0 aromatic rings. The van der Waals surface area contributed by atoms with Gasteiger partial charge in [0, 0.05) is 0 Å². The van der Waals surface area contributed by atoms with Crippen molar-refractivity contribution in [3.05, 3.63) is 11.5 Å². The van der Waals surface area contributed by atoms with E-state index in [1.54, 1.807) is 0 Å². The molecule has 3 heteroatoms. The van der Waals surface area contributed by atoms with Crippen molar-refractivity contribution in [1.82, 2.24) is 5.01 Å². The molecular formula is C7H10N2O. The van der Waals surface area contributed by atoms with E-state index in [0.717, 1.165) is 32.6 Å². The average Bonchev–Trinajstić information content (AvgIpc) is 2.27. The van der Waals surface area contributed by atoms with Gasteiger partial charge in [0.15, 0.2) is 5.54 Å². The first kappa shape index (κ1) is 5.99. The van der Waals surface area contributed by atoms with Crippen LogP contribution in [0.5, 0.6) is 0 Å². The summed E-state index contributed by atoms with van der Waals surface area (Å²) in [5, 5.41) is 1.86. The lowest BCUT2D eigenvalue weighted by Gasteiger charge is -2.38. The van der Waals surface area contributed by atoms with Crippen LogP contribution in [0, 0.1) is 6.57 Å². The third-order valence-electron chi connectivity index (χ3n) is 2.42. The van der Waals surface area contributed by atoms with Crippen LogP contribution in [-0.2, 0) is 4.74 Å². The fraction of sp³-hybridized carbons (Fsp3) is 0.857. The first-order valence-corrected chi connectivity index (χ1v) is 3.60. The zero-order valence-electron chi connectivity index (χ0n) is 5.84. The van der Waals surface area contributed by atoms with Gasteiger partial charge < -0.3 is 4.74 Å². The van der Waals surface area contributed by atoms with Crippen LogP contribution in [0.3, 0.4) is 0 Å². The fourth-order valence-corrected chi connectivity index (χ4v) is 1.71. The SMILES string of the molecule is [C-]#[N+]N1CCCC12COC2. The predicted octanol–water partition coefficient (Wildman–Crippen LogP) is 0.685. The molecule has 0 atom stereocenters. The summed E-state index contributed by atoms with van der Waals surface area (Å²) in [4.78, 5) is 3.47. The number of hydrogen-bond donors (Lipinski definition) is 0. The summed E-state index contributed by atoms with van der Waals surface area (Å²) in [7, 11) is 0. The molecule has 2 heterocycles. The molecular weight excluding hydrogens is 128 g/mol. The van der Waals surface area contributed by atoms with Gasteiger partial charge in [-0.3, -0.25) is 0 Å². The largest absolute Gasteiger partial charge is 0.376 e. The van der Waals surface area contributed by atoms with Crippen LogP contribution in [0.25, 0.3) is 4.95 Å². The summed E-state index contributed by atoms with van der Waals surface area (Å²) in [6, 6.07) is 0. The summed E-state index contributed by atoms with van der Waals surface area (Å²) in [6.07, 6.45) is 2.31. The van der Waals surface area contributed by atoms with Gasteiger partial charge in [-0.25, -0.2) is 0 Å². The third-order valence-corrected chi connectivity index (χ3v) is 2.42. The van der Waals surface area contributed by atoms with Gasteiger partial charge in [0.05, 0.1) is 19.8 Å². The van der Waals surface area contributed by atoms with Gasteiger partial charge in [-0.15, -0.1) is 0 Å². The lowest BCUT2D eigenvalue weighted by Crippen LogP contribution is -2.56. The minimum atomic E-state index is 0.141. The lowest BCUT2D eigenvalue weighted by molar-refractivity contribution is -0.109. The predicted molar refractivity (Wildman–Crippen MR) is 36.1 cm³/mol. The molecule has 0 N–H and O–H groups in total. The highest BCUT2D eigenvalue weighted by molar-refractivity contribution is 5.01. The van der Waals surface area contributed by atoms with E-state index in [-0.39, 0.29) is 5.54 Å². The fourth-order valence-electron chi connectivity index (χ4n) is 1.71. The van der Waals surface area contributed by atoms with E-state index in [1.807, 2.05) is 5.01 Å². The van der Waals surface area contributed by atoms with E-state index < -0.39 is 0 Å². The van der Waals surface area contributed by atoms with Crippen molar-refractivity contribution < 1.29 is 4.74 Å². The Morgan fingerprint density at radius 3 is 2.70 bits per heavy atom. The summed E-state index contributed by atoms with van der Waals surface area (Å²) < 4.78 is 5.11. The number of ether oxygens (including phenoxy) is 1. The molecule has 0 amide bonds. The molecule has 10 heavy (non-hydrogen) atoms. The summed E-state index contributed by atoms with van der Waals surface area (Å²) in [6.45, 7) is 9.37. The molecule has 0 radical (unpaired) electrons. The Hall–Kier alpha value is -0.750. The molecule has 0 aromatic carbocycles. The molecule has 2 aliphatic heterocycles. The molecule has 0 aromatic heterocycles. The molecule has 2 aliphatic rings. The molecule has 1 spiro atoms. The van der Waals surface area contributed by atoms with Crippen LogP contribution in [-0.4, -0.2) is 30.3 Å². The van der Waals surface area contributed by atoms with Crippen LogP contribution < -0.4 is 0 Å². The molecule has 2 saturated heterocycles. The minimum absolute atomic E-state index is 0.141. The smallest absolute Gasteiger partial charge is 0.154 e. The van der Waals surface area contributed by atoms with Crippen LogP contribution in [0.1, 0.15) is 12.8 Å². The van der Waals surface area contributed by atoms with Gasteiger partial charge in [-0.1, -0.05) is 5.01 Å². The molecule has 54 valence electrons. The Kier molecular flexibility index (Phi) is 1.12. The number of hydrogen-bond acceptors (Lipinski definition) is 2. The van der Waals surface area contributed by atoms with E-state index in [0.29, 0.717) is 0 Å². The van der Waals surface area contributed by atoms with E-state index in [9.17, 15) is 0 Å². The van der Waals surface area contributed by atoms with Gasteiger partial charge in [0.2, 0.25) is 0 Å². The lowest BCUT2D eigenvalue weighted by atomic mass is 9.95. The van der Waals surface area contributed by atoms with Crippen LogP contribution in [0.15, 0.2) is 0 Å². The average molecular weight is 138 g/mol. The maximum Gasteiger partial charge on any atom is 0.154 e. The standard InChI is InChI=1S/C7H10N2O/c1-8-9-4-2-3-7(9)5-10-6-7/h2-6H2. The summed E-state index contributed by atoms with van der Waals surface area (Å²) >= 11 is 0. The van der Waals surface area contributed by atoms with Crippen molar-refractivity contribution in [1.29, 1.82) is 0 Å². The second kappa shape index (κ2) is 1.86. The van der Waals surface area contributed by atoms with Crippen molar-refractivity contribution in [2.45, 2.75) is 18.4 Å². The monoisotopic (exact) mass is 138 g/mol. The van der Waals surface area contributed by atoms with E-state index >= 15 is 0 Å². The van der Waals surface area contributed by atoms with Crippen molar-refractivity contribution in [2.75, 3.05) is 19.8 Å². The molecule has 0 unspecified atom stereocenters. The second-order valence-corrected chi connectivity index (χ2v) is 3.04. The van der Waals surface area contributed by atoms with Crippen molar-refractivity contribution in [3.63, 3.8) is 0 Å². The highest BCUT2D eigenvalue weighted by Gasteiger charge is 2.51. The highest BCUT2D eigenvalue weighted by atomic mass is 16.5. The van der Waals surface area contributed by atoms with Crippen molar-refractivity contribution in [2.24, 2.45) is 0 Å². The Bertz CT molecular complexity index is 181. The third kappa shape index (κ3) is 0.572. The zero-order valence-corrected chi connectivity index (χ0v) is 5.84. The quantitative estimate of drug-likeness (QED) is 0.458. The second-order valence-electron chi connectivity index (χ2n) is 3.04. The van der Waals surface area contributed by atoms with E-state index in [2.05, 4.69) is 4.95 Å². The Balaban J connectivity index is 2.14. The minimum Gasteiger partial charge on any atom is -0.376 e. The first-order chi connectivity index (χ1) is 4.87. The van der Waals surface area contributed by atoms with E-state index in [1.165, 1.54) is 0 Å². The molecule has 3 nitrogen and oxygen atoms in total. The summed E-state index contributed by atoms with van der Waals surface area (Å²) in [5.74, 6) is 0. The Morgan fingerprint density at radius 2 is 2.30 bits per heavy atom. The first-order valence-electron chi connectivity index (χ1n) is 3.60. The van der Waals surface area contributed by atoms with Crippen LogP contribution in [0.2, 0.25) is 0 Å². The summed E-state index contributed by atoms with van der Waals surface area (Å²) in [5.41, 5.74) is 0.141. The molecule has 2 fully saturated rings. The van der Waals surface area contributed by atoms with Crippen LogP contribution in [0.4, 0.5) is 0 Å². The van der Waals surface area contributed by atoms with E-state index in [4.69, 9.17) is 11.3 Å². The van der Waals surface area contributed by atoms with Gasteiger partial charge >= 0.3 is 0 Å². The zero-order chi connectivity index (χ0) is 7.03. The van der Waals surface area contributed by atoms with Gasteiger partial charge in [0.25, 0.3) is 0 Å². The maximum absolute atomic E-state index is 6.89. The molecule has 2 rings (SSSR count). The normalized spacial score (nSPS) is 28.1. The molecule has 0 bridgehead atoms. The maximum atomic E-state index is 6.89. The Morgan fingerprint density at radius 1 is 1.50 bits per heavy atom. The molecule has 0 aliphatic carbocycles.